The van der Waals surface area contributed by atoms with Gasteiger partial charge in [-0.1, -0.05) is 35.5 Å². The van der Waals surface area contributed by atoms with E-state index in [0.29, 0.717) is 19.5 Å². The van der Waals surface area contributed by atoms with Gasteiger partial charge in [0.1, 0.15) is 6.10 Å². The standard InChI is InChI=1S/C13H15NO3/c15-10-16-7-6-12-9-13(17-14-12)8-11-4-2-1-3-5-11/h1-5,10,13H,6-9H2. The molecule has 0 amide bonds. The van der Waals surface area contributed by atoms with Crippen LogP contribution in [-0.2, 0) is 20.8 Å². The monoisotopic (exact) mass is 233 g/mol. The molecule has 0 spiro atoms. The van der Waals surface area contributed by atoms with Crippen LogP contribution in [0.3, 0.4) is 0 Å². The SMILES string of the molecule is O=COCCC1=NOC(Cc2ccccc2)C1. The van der Waals surface area contributed by atoms with E-state index >= 15 is 0 Å². The van der Waals surface area contributed by atoms with E-state index in [-0.39, 0.29) is 6.10 Å². The first kappa shape index (κ1) is 11.6. The van der Waals surface area contributed by atoms with Crippen molar-refractivity contribution in [3.63, 3.8) is 0 Å². The Kier molecular flexibility index (Phi) is 4.13. The summed E-state index contributed by atoms with van der Waals surface area (Å²) in [6.07, 6.45) is 2.45. The number of nitrogens with zero attached hydrogens (tertiary/aromatic N) is 1. The fourth-order valence-electron chi connectivity index (χ4n) is 1.85. The summed E-state index contributed by atoms with van der Waals surface area (Å²) in [6.45, 7) is 0.835. The summed E-state index contributed by atoms with van der Waals surface area (Å²) in [6, 6.07) is 10.2. The molecule has 0 aromatic heterocycles. The van der Waals surface area contributed by atoms with Crippen molar-refractivity contribution in [3.05, 3.63) is 35.9 Å². The van der Waals surface area contributed by atoms with Crippen LogP contribution in [0.2, 0.25) is 0 Å². The summed E-state index contributed by atoms with van der Waals surface area (Å²) >= 11 is 0. The second-order valence-corrected chi connectivity index (χ2v) is 4.00. The zero-order chi connectivity index (χ0) is 11.9. The smallest absolute Gasteiger partial charge is 0.293 e. The van der Waals surface area contributed by atoms with E-state index in [1.165, 1.54) is 5.56 Å². The summed E-state index contributed by atoms with van der Waals surface area (Å²) in [5, 5.41) is 4.01. The molecule has 2 rings (SSSR count). The van der Waals surface area contributed by atoms with Crippen molar-refractivity contribution >= 4 is 12.2 Å². The van der Waals surface area contributed by atoms with E-state index in [9.17, 15) is 4.79 Å². The molecule has 1 unspecified atom stereocenters. The van der Waals surface area contributed by atoms with Crippen molar-refractivity contribution in [1.29, 1.82) is 0 Å². The highest BCUT2D eigenvalue weighted by Crippen LogP contribution is 2.17. The second kappa shape index (κ2) is 6.03. The number of rotatable bonds is 6. The molecule has 1 heterocycles. The molecule has 90 valence electrons. The Morgan fingerprint density at radius 1 is 1.41 bits per heavy atom. The van der Waals surface area contributed by atoms with Gasteiger partial charge in [0.15, 0.2) is 0 Å². The average molecular weight is 233 g/mol. The molecule has 4 heteroatoms. The summed E-state index contributed by atoms with van der Waals surface area (Å²) in [7, 11) is 0. The molecule has 1 aliphatic heterocycles. The van der Waals surface area contributed by atoms with Gasteiger partial charge in [0, 0.05) is 19.3 Å². The Morgan fingerprint density at radius 2 is 2.24 bits per heavy atom. The molecule has 0 saturated heterocycles. The lowest BCUT2D eigenvalue weighted by Gasteiger charge is -2.07. The largest absolute Gasteiger partial charge is 0.467 e. The van der Waals surface area contributed by atoms with Crippen LogP contribution in [0.5, 0.6) is 0 Å². The molecular weight excluding hydrogens is 218 g/mol. The van der Waals surface area contributed by atoms with E-state index in [0.717, 1.165) is 18.6 Å². The van der Waals surface area contributed by atoms with E-state index in [1.54, 1.807) is 0 Å². The lowest BCUT2D eigenvalue weighted by Crippen LogP contribution is -2.12. The molecule has 0 bridgehead atoms. The molecule has 0 N–H and O–H groups in total. The quantitative estimate of drug-likeness (QED) is 0.557. The number of oxime groups is 1. The summed E-state index contributed by atoms with van der Waals surface area (Å²) in [5.74, 6) is 0. The summed E-state index contributed by atoms with van der Waals surface area (Å²) in [5.41, 5.74) is 2.21. The first-order valence-corrected chi connectivity index (χ1v) is 5.69. The molecule has 17 heavy (non-hydrogen) atoms. The van der Waals surface area contributed by atoms with Crippen LogP contribution in [0.25, 0.3) is 0 Å². The fourth-order valence-corrected chi connectivity index (χ4v) is 1.85. The fraction of sp³-hybridized carbons (Fsp3) is 0.385. The molecule has 1 atom stereocenters. The number of carbonyl (C=O) groups excluding carboxylic acids is 1. The third-order valence-corrected chi connectivity index (χ3v) is 2.68. The van der Waals surface area contributed by atoms with Crippen molar-refractivity contribution in [2.75, 3.05) is 6.61 Å². The van der Waals surface area contributed by atoms with E-state index in [4.69, 9.17) is 4.84 Å². The molecule has 0 aliphatic carbocycles. The third kappa shape index (κ3) is 3.59. The molecule has 0 radical (unpaired) electrons. The van der Waals surface area contributed by atoms with Crippen molar-refractivity contribution in [2.45, 2.75) is 25.4 Å². The minimum absolute atomic E-state index is 0.114. The first-order chi connectivity index (χ1) is 8.38. The molecule has 1 aromatic carbocycles. The summed E-state index contributed by atoms with van der Waals surface area (Å²) < 4.78 is 4.63. The van der Waals surface area contributed by atoms with Gasteiger partial charge in [0.25, 0.3) is 6.47 Å². The Hall–Kier alpha value is -1.84. The van der Waals surface area contributed by atoms with Gasteiger partial charge in [0.05, 0.1) is 12.3 Å². The van der Waals surface area contributed by atoms with Crippen LogP contribution >= 0.6 is 0 Å². The van der Waals surface area contributed by atoms with Gasteiger partial charge < -0.3 is 9.57 Å². The van der Waals surface area contributed by atoms with Gasteiger partial charge in [-0.05, 0) is 5.56 Å². The predicted molar refractivity (Wildman–Crippen MR) is 63.7 cm³/mol. The number of ether oxygens (including phenoxy) is 1. The van der Waals surface area contributed by atoms with Gasteiger partial charge in [-0.2, -0.15) is 0 Å². The van der Waals surface area contributed by atoms with Gasteiger partial charge in [-0.3, -0.25) is 4.79 Å². The third-order valence-electron chi connectivity index (χ3n) is 2.68. The van der Waals surface area contributed by atoms with Crippen LogP contribution < -0.4 is 0 Å². The van der Waals surface area contributed by atoms with Gasteiger partial charge >= 0.3 is 0 Å². The maximum atomic E-state index is 9.99. The molecule has 0 saturated carbocycles. The number of hydrogen-bond acceptors (Lipinski definition) is 4. The van der Waals surface area contributed by atoms with Crippen LogP contribution in [0.15, 0.2) is 35.5 Å². The Balaban J connectivity index is 1.75. The Labute approximate surface area is 100 Å². The van der Waals surface area contributed by atoms with Gasteiger partial charge in [-0.15, -0.1) is 0 Å². The van der Waals surface area contributed by atoms with Crippen LogP contribution in [0.1, 0.15) is 18.4 Å². The van der Waals surface area contributed by atoms with Gasteiger partial charge in [-0.25, -0.2) is 0 Å². The first-order valence-electron chi connectivity index (χ1n) is 5.69. The van der Waals surface area contributed by atoms with Crippen LogP contribution in [0, 0.1) is 0 Å². The van der Waals surface area contributed by atoms with Crippen molar-refractivity contribution in [2.24, 2.45) is 5.16 Å². The normalized spacial score (nSPS) is 18.4. The van der Waals surface area contributed by atoms with Crippen molar-refractivity contribution in [1.82, 2.24) is 0 Å². The maximum Gasteiger partial charge on any atom is 0.293 e. The lowest BCUT2D eigenvalue weighted by molar-refractivity contribution is -0.128. The Morgan fingerprint density at radius 3 is 3.00 bits per heavy atom. The number of carbonyl (C=O) groups is 1. The maximum absolute atomic E-state index is 9.99. The topological polar surface area (TPSA) is 47.9 Å². The molecule has 1 aromatic rings. The van der Waals surface area contributed by atoms with Crippen LogP contribution in [0.4, 0.5) is 0 Å². The molecular formula is C13H15NO3. The summed E-state index contributed by atoms with van der Waals surface area (Å²) in [4.78, 5) is 15.3. The van der Waals surface area contributed by atoms with Gasteiger partial charge in [0.2, 0.25) is 0 Å². The lowest BCUT2D eigenvalue weighted by atomic mass is 10.0. The molecule has 1 aliphatic rings. The zero-order valence-corrected chi connectivity index (χ0v) is 9.54. The zero-order valence-electron chi connectivity index (χ0n) is 9.54. The minimum atomic E-state index is 0.114. The van der Waals surface area contributed by atoms with E-state index in [1.807, 2.05) is 18.2 Å². The highest BCUT2D eigenvalue weighted by molar-refractivity contribution is 5.85. The van der Waals surface area contributed by atoms with Crippen LogP contribution in [-0.4, -0.2) is 24.9 Å². The van der Waals surface area contributed by atoms with Crippen molar-refractivity contribution in [3.8, 4) is 0 Å². The van der Waals surface area contributed by atoms with Crippen molar-refractivity contribution < 1.29 is 14.4 Å². The molecule has 4 nitrogen and oxygen atoms in total. The highest BCUT2D eigenvalue weighted by atomic mass is 16.6. The number of hydrogen-bond donors (Lipinski definition) is 0. The number of benzene rings is 1. The average Bonchev–Trinajstić information content (AvgIpc) is 2.79. The molecule has 0 fully saturated rings. The second-order valence-electron chi connectivity index (χ2n) is 4.00. The predicted octanol–water partition coefficient (Wildman–Crippen LogP) is 1.94. The van der Waals surface area contributed by atoms with E-state index < -0.39 is 0 Å². The highest BCUT2D eigenvalue weighted by Gasteiger charge is 2.20. The Bertz CT molecular complexity index is 389. The van der Waals surface area contributed by atoms with E-state index in [2.05, 4.69) is 22.0 Å². The minimum Gasteiger partial charge on any atom is -0.467 e.